The lowest BCUT2D eigenvalue weighted by molar-refractivity contribution is 0.453. The zero-order valence-corrected chi connectivity index (χ0v) is 18.3. The predicted octanol–water partition coefficient (Wildman–Crippen LogP) is 8.90. The second kappa shape index (κ2) is 9.60. The van der Waals surface area contributed by atoms with Crippen LogP contribution in [0.5, 0.6) is 0 Å². The molecule has 3 heteroatoms. The van der Waals surface area contributed by atoms with Gasteiger partial charge in [-0.05, 0) is 78.8 Å². The average Bonchev–Trinajstić information content (AvgIpc) is 2.82. The third kappa shape index (κ3) is 4.57. The van der Waals surface area contributed by atoms with Crippen LogP contribution >= 0.6 is 0 Å². The third-order valence-corrected chi connectivity index (χ3v) is 6.42. The minimum atomic E-state index is -0.847. The van der Waals surface area contributed by atoms with Crippen molar-refractivity contribution in [1.82, 2.24) is 0 Å². The van der Waals surface area contributed by atoms with Crippen LogP contribution in [0.4, 0.5) is 13.2 Å². The van der Waals surface area contributed by atoms with Crippen LogP contribution in [0.25, 0.3) is 27.8 Å². The standard InChI is InChI=1S/C29H27F3/c1-3-4-5-20-7-9-22(10-8-20)25-17-15-24(18-27(25)30)21-11-13-23(14-12-21)26-16-6-19(2)28(31)29(26)32/h3,6,9,11-18,20H,1,4-5,7-8,10H2,2H3. The highest BCUT2D eigenvalue weighted by atomic mass is 19.2. The summed E-state index contributed by atoms with van der Waals surface area (Å²) in [5.41, 5.74) is 4.42. The lowest BCUT2D eigenvalue weighted by Crippen LogP contribution is -2.06. The first-order chi connectivity index (χ1) is 15.5. The van der Waals surface area contributed by atoms with Crippen molar-refractivity contribution < 1.29 is 13.2 Å². The van der Waals surface area contributed by atoms with E-state index in [-0.39, 0.29) is 16.9 Å². The zero-order chi connectivity index (χ0) is 22.7. The summed E-state index contributed by atoms with van der Waals surface area (Å²) in [5, 5.41) is 0. The van der Waals surface area contributed by atoms with Crippen molar-refractivity contribution in [3.8, 4) is 22.3 Å². The third-order valence-electron chi connectivity index (χ3n) is 6.42. The van der Waals surface area contributed by atoms with E-state index in [0.717, 1.165) is 48.8 Å². The lowest BCUT2D eigenvalue weighted by Gasteiger charge is -2.22. The maximum absolute atomic E-state index is 15.0. The van der Waals surface area contributed by atoms with Crippen LogP contribution in [0.2, 0.25) is 0 Å². The zero-order valence-electron chi connectivity index (χ0n) is 18.3. The molecule has 0 fully saturated rings. The van der Waals surface area contributed by atoms with Crippen molar-refractivity contribution in [2.45, 2.75) is 39.0 Å². The normalized spacial score (nSPS) is 16.0. The fourth-order valence-electron chi connectivity index (χ4n) is 4.42. The molecular formula is C29H27F3. The molecule has 1 aliphatic rings. The maximum atomic E-state index is 15.0. The molecule has 0 aliphatic heterocycles. The van der Waals surface area contributed by atoms with Crippen LogP contribution in [0.1, 0.15) is 43.2 Å². The molecule has 0 saturated heterocycles. The largest absolute Gasteiger partial charge is 0.206 e. The van der Waals surface area contributed by atoms with Gasteiger partial charge in [-0.1, -0.05) is 60.7 Å². The van der Waals surface area contributed by atoms with Gasteiger partial charge < -0.3 is 0 Å². The van der Waals surface area contributed by atoms with E-state index >= 15 is 0 Å². The fraction of sp³-hybridized carbons (Fsp3) is 0.241. The second-order valence-electron chi connectivity index (χ2n) is 8.57. The van der Waals surface area contributed by atoms with Gasteiger partial charge in [-0.3, -0.25) is 0 Å². The van der Waals surface area contributed by atoms with Crippen molar-refractivity contribution in [2.24, 2.45) is 5.92 Å². The number of rotatable bonds is 6. The Labute approximate surface area is 188 Å². The number of aryl methyl sites for hydroxylation is 1. The van der Waals surface area contributed by atoms with Gasteiger partial charge in [0.25, 0.3) is 0 Å². The first-order valence-electron chi connectivity index (χ1n) is 11.1. The number of hydrogen-bond acceptors (Lipinski definition) is 0. The minimum absolute atomic E-state index is 0.219. The van der Waals surface area contributed by atoms with E-state index in [0.29, 0.717) is 17.0 Å². The molecule has 32 heavy (non-hydrogen) atoms. The van der Waals surface area contributed by atoms with Gasteiger partial charge in [-0.15, -0.1) is 6.58 Å². The van der Waals surface area contributed by atoms with E-state index in [9.17, 15) is 13.2 Å². The molecule has 1 unspecified atom stereocenters. The molecule has 0 saturated carbocycles. The molecule has 3 aromatic carbocycles. The van der Waals surface area contributed by atoms with E-state index in [1.165, 1.54) is 6.92 Å². The quantitative estimate of drug-likeness (QED) is 0.341. The molecule has 164 valence electrons. The molecule has 0 N–H and O–H groups in total. The van der Waals surface area contributed by atoms with Gasteiger partial charge in [0.2, 0.25) is 0 Å². The molecule has 0 heterocycles. The molecule has 0 radical (unpaired) electrons. The van der Waals surface area contributed by atoms with Crippen LogP contribution in [-0.4, -0.2) is 0 Å². The second-order valence-corrected chi connectivity index (χ2v) is 8.57. The van der Waals surface area contributed by atoms with Crippen molar-refractivity contribution in [1.29, 1.82) is 0 Å². The van der Waals surface area contributed by atoms with Crippen molar-refractivity contribution in [3.63, 3.8) is 0 Å². The van der Waals surface area contributed by atoms with E-state index < -0.39 is 11.6 Å². The highest BCUT2D eigenvalue weighted by Crippen LogP contribution is 2.35. The Kier molecular flexibility index (Phi) is 6.64. The fourth-order valence-corrected chi connectivity index (χ4v) is 4.42. The summed E-state index contributed by atoms with van der Waals surface area (Å²) >= 11 is 0. The SMILES string of the molecule is C=CCCC1CC=C(c2ccc(-c3ccc(-c4ccc(C)c(F)c4F)cc3)cc2F)CC1. The molecule has 4 rings (SSSR count). The van der Waals surface area contributed by atoms with Gasteiger partial charge in [0.05, 0.1) is 0 Å². The lowest BCUT2D eigenvalue weighted by atomic mass is 9.84. The minimum Gasteiger partial charge on any atom is -0.206 e. The Morgan fingerprint density at radius 2 is 1.56 bits per heavy atom. The summed E-state index contributed by atoms with van der Waals surface area (Å²) in [6.45, 7) is 5.32. The summed E-state index contributed by atoms with van der Waals surface area (Å²) in [6, 6.07) is 15.6. The summed E-state index contributed by atoms with van der Waals surface area (Å²) < 4.78 is 43.2. The predicted molar refractivity (Wildman–Crippen MR) is 127 cm³/mol. The Morgan fingerprint density at radius 1 is 0.875 bits per heavy atom. The van der Waals surface area contributed by atoms with Gasteiger partial charge in [-0.2, -0.15) is 0 Å². The number of hydrogen-bond donors (Lipinski definition) is 0. The van der Waals surface area contributed by atoms with E-state index in [4.69, 9.17) is 0 Å². The van der Waals surface area contributed by atoms with Crippen LogP contribution < -0.4 is 0 Å². The van der Waals surface area contributed by atoms with Crippen LogP contribution in [0.3, 0.4) is 0 Å². The van der Waals surface area contributed by atoms with Gasteiger partial charge in [0.1, 0.15) is 5.82 Å². The summed E-state index contributed by atoms with van der Waals surface area (Å²) in [5.74, 6) is -1.24. The molecule has 0 spiro atoms. The summed E-state index contributed by atoms with van der Waals surface area (Å²) in [7, 11) is 0. The molecule has 0 nitrogen and oxygen atoms in total. The Hall–Kier alpha value is -3.07. The first kappa shape index (κ1) is 22.1. The molecular weight excluding hydrogens is 405 g/mol. The van der Waals surface area contributed by atoms with Gasteiger partial charge >= 0.3 is 0 Å². The summed E-state index contributed by atoms with van der Waals surface area (Å²) in [6.07, 6.45) is 9.27. The van der Waals surface area contributed by atoms with Crippen molar-refractivity contribution in [3.05, 3.63) is 102 Å². The van der Waals surface area contributed by atoms with Gasteiger partial charge in [-0.25, -0.2) is 13.2 Å². The van der Waals surface area contributed by atoms with E-state index in [2.05, 4.69) is 12.7 Å². The molecule has 0 bridgehead atoms. The van der Waals surface area contributed by atoms with Crippen molar-refractivity contribution >= 4 is 5.57 Å². The Morgan fingerprint density at radius 3 is 2.22 bits per heavy atom. The average molecular weight is 433 g/mol. The summed E-state index contributed by atoms with van der Waals surface area (Å²) in [4.78, 5) is 0. The van der Waals surface area contributed by atoms with Crippen LogP contribution in [0, 0.1) is 30.3 Å². The molecule has 3 aromatic rings. The number of benzene rings is 3. The van der Waals surface area contributed by atoms with Gasteiger partial charge in [0.15, 0.2) is 11.6 Å². The highest BCUT2D eigenvalue weighted by Gasteiger charge is 2.18. The molecule has 0 amide bonds. The molecule has 1 aliphatic carbocycles. The topological polar surface area (TPSA) is 0 Å². The van der Waals surface area contributed by atoms with Crippen molar-refractivity contribution in [2.75, 3.05) is 0 Å². The Bertz CT molecular complexity index is 1160. The smallest absolute Gasteiger partial charge is 0.166 e. The maximum Gasteiger partial charge on any atom is 0.166 e. The number of halogens is 3. The molecule has 0 aromatic heterocycles. The Balaban J connectivity index is 1.53. The van der Waals surface area contributed by atoms with E-state index in [1.807, 2.05) is 30.3 Å². The number of allylic oxidation sites excluding steroid dienone is 3. The monoisotopic (exact) mass is 432 g/mol. The van der Waals surface area contributed by atoms with Crippen LogP contribution in [-0.2, 0) is 0 Å². The first-order valence-corrected chi connectivity index (χ1v) is 11.1. The highest BCUT2D eigenvalue weighted by molar-refractivity contribution is 5.74. The molecule has 1 atom stereocenters. The van der Waals surface area contributed by atoms with Gasteiger partial charge in [0, 0.05) is 11.1 Å². The van der Waals surface area contributed by atoms with Crippen LogP contribution in [0.15, 0.2) is 73.3 Å². The van der Waals surface area contributed by atoms with E-state index in [1.54, 1.807) is 30.3 Å².